The van der Waals surface area contributed by atoms with E-state index in [0.29, 0.717) is 18.1 Å². The van der Waals surface area contributed by atoms with Crippen LogP contribution in [0, 0.1) is 6.92 Å². The number of aromatic nitrogens is 2. The summed E-state index contributed by atoms with van der Waals surface area (Å²) >= 11 is 0. The number of hydrogen-bond donors (Lipinski definition) is 1. The van der Waals surface area contributed by atoms with Gasteiger partial charge in [0.2, 0.25) is 0 Å². The van der Waals surface area contributed by atoms with E-state index in [1.165, 1.54) is 6.07 Å². The average molecular weight is 267 g/mol. The fraction of sp³-hybridized carbons (Fsp3) is 0.692. The first-order chi connectivity index (χ1) is 9.19. The fourth-order valence-electron chi connectivity index (χ4n) is 2.16. The Balaban J connectivity index is 1.98. The molecule has 0 saturated carbocycles. The number of morpholine rings is 1. The molecule has 6 heteroatoms. The molecule has 0 aromatic carbocycles. The molecule has 1 aromatic rings. The molecule has 1 aromatic heterocycles. The molecule has 1 atom stereocenters. The molecule has 1 aliphatic rings. The van der Waals surface area contributed by atoms with Gasteiger partial charge in [0.05, 0.1) is 13.2 Å². The zero-order valence-electron chi connectivity index (χ0n) is 11.5. The van der Waals surface area contributed by atoms with Crippen LogP contribution in [-0.2, 0) is 9.47 Å². The Morgan fingerprint density at radius 3 is 3.21 bits per heavy atom. The third-order valence-electron chi connectivity index (χ3n) is 3.10. The lowest BCUT2D eigenvalue weighted by molar-refractivity contribution is -0.0414. The van der Waals surface area contributed by atoms with Gasteiger partial charge in [-0.05, 0) is 13.8 Å². The molecule has 0 radical (unpaired) electrons. The highest BCUT2D eigenvalue weighted by atomic mass is 16.5. The topological polar surface area (TPSA) is 67.5 Å². The summed E-state index contributed by atoms with van der Waals surface area (Å²) in [6, 6.07) is 1.49. The SMILES string of the molecule is CCOCCN1CCOC(c2nc(C)cc(=O)[nH]2)C1. The van der Waals surface area contributed by atoms with Crippen LogP contribution < -0.4 is 5.56 Å². The molecule has 0 bridgehead atoms. The summed E-state index contributed by atoms with van der Waals surface area (Å²) in [5, 5.41) is 0. The number of H-pyrrole nitrogens is 1. The summed E-state index contributed by atoms with van der Waals surface area (Å²) in [7, 11) is 0. The van der Waals surface area contributed by atoms with Gasteiger partial charge in [0.1, 0.15) is 11.9 Å². The standard InChI is InChI=1S/C13H21N3O3/c1-3-18-6-4-16-5-7-19-11(9-16)13-14-10(2)8-12(17)15-13/h8,11H,3-7,9H2,1-2H3,(H,14,15,17). The van der Waals surface area contributed by atoms with Crippen molar-refractivity contribution < 1.29 is 9.47 Å². The van der Waals surface area contributed by atoms with Crippen molar-refractivity contribution in [1.29, 1.82) is 0 Å². The molecule has 1 unspecified atom stereocenters. The van der Waals surface area contributed by atoms with Crippen LogP contribution in [0.1, 0.15) is 24.5 Å². The van der Waals surface area contributed by atoms with Crippen molar-refractivity contribution >= 4 is 0 Å². The van der Waals surface area contributed by atoms with Crippen LogP contribution in [-0.4, -0.2) is 54.3 Å². The Labute approximate surface area is 112 Å². The maximum Gasteiger partial charge on any atom is 0.251 e. The van der Waals surface area contributed by atoms with Crippen LogP contribution >= 0.6 is 0 Å². The van der Waals surface area contributed by atoms with Gasteiger partial charge in [-0.1, -0.05) is 0 Å². The van der Waals surface area contributed by atoms with Crippen LogP contribution in [0.3, 0.4) is 0 Å². The van der Waals surface area contributed by atoms with Crippen LogP contribution in [0.15, 0.2) is 10.9 Å². The van der Waals surface area contributed by atoms with E-state index >= 15 is 0 Å². The summed E-state index contributed by atoms with van der Waals surface area (Å²) in [5.41, 5.74) is 0.589. The van der Waals surface area contributed by atoms with Gasteiger partial charge < -0.3 is 14.5 Å². The minimum absolute atomic E-state index is 0.127. The van der Waals surface area contributed by atoms with Gasteiger partial charge >= 0.3 is 0 Å². The number of aromatic amines is 1. The molecule has 1 N–H and O–H groups in total. The van der Waals surface area contributed by atoms with E-state index < -0.39 is 0 Å². The van der Waals surface area contributed by atoms with Crippen molar-refractivity contribution in [3.8, 4) is 0 Å². The fourth-order valence-corrected chi connectivity index (χ4v) is 2.16. The largest absolute Gasteiger partial charge is 0.380 e. The predicted molar refractivity (Wildman–Crippen MR) is 71.2 cm³/mol. The molecule has 106 valence electrons. The van der Waals surface area contributed by atoms with Gasteiger partial charge in [-0.3, -0.25) is 9.69 Å². The lowest BCUT2D eigenvalue weighted by Gasteiger charge is -2.32. The summed E-state index contributed by atoms with van der Waals surface area (Å²) in [5.74, 6) is 0.617. The maximum atomic E-state index is 11.5. The van der Waals surface area contributed by atoms with Crippen molar-refractivity contribution in [2.24, 2.45) is 0 Å². The smallest absolute Gasteiger partial charge is 0.251 e. The third kappa shape index (κ3) is 4.12. The van der Waals surface area contributed by atoms with E-state index in [0.717, 1.165) is 32.8 Å². The van der Waals surface area contributed by atoms with Crippen molar-refractivity contribution in [2.45, 2.75) is 20.0 Å². The molecule has 0 amide bonds. The first-order valence-electron chi connectivity index (χ1n) is 6.68. The molecule has 2 rings (SSSR count). The minimum atomic E-state index is -0.164. The van der Waals surface area contributed by atoms with E-state index in [1.54, 1.807) is 0 Å². The van der Waals surface area contributed by atoms with Crippen molar-refractivity contribution in [3.05, 3.63) is 27.9 Å². The van der Waals surface area contributed by atoms with Gasteiger partial charge in [0.25, 0.3) is 5.56 Å². The van der Waals surface area contributed by atoms with E-state index in [9.17, 15) is 4.79 Å². The highest BCUT2D eigenvalue weighted by Crippen LogP contribution is 2.18. The number of hydrogen-bond acceptors (Lipinski definition) is 5. The van der Waals surface area contributed by atoms with E-state index in [4.69, 9.17) is 9.47 Å². The molecule has 19 heavy (non-hydrogen) atoms. The van der Waals surface area contributed by atoms with Crippen LogP contribution in [0.25, 0.3) is 0 Å². The number of ether oxygens (including phenoxy) is 2. The Morgan fingerprint density at radius 2 is 2.47 bits per heavy atom. The molecule has 2 heterocycles. The zero-order chi connectivity index (χ0) is 13.7. The number of rotatable bonds is 5. The monoisotopic (exact) mass is 267 g/mol. The molecule has 6 nitrogen and oxygen atoms in total. The molecular weight excluding hydrogens is 246 g/mol. The Hall–Kier alpha value is -1.24. The average Bonchev–Trinajstić information content (AvgIpc) is 2.38. The first kappa shape index (κ1) is 14.2. The van der Waals surface area contributed by atoms with Gasteiger partial charge in [-0.15, -0.1) is 0 Å². The minimum Gasteiger partial charge on any atom is -0.380 e. The van der Waals surface area contributed by atoms with Crippen LogP contribution in [0.2, 0.25) is 0 Å². The van der Waals surface area contributed by atoms with Crippen LogP contribution in [0.5, 0.6) is 0 Å². The second-order valence-corrected chi connectivity index (χ2v) is 4.63. The lowest BCUT2D eigenvalue weighted by Crippen LogP contribution is -2.41. The number of aryl methyl sites for hydroxylation is 1. The van der Waals surface area contributed by atoms with E-state index in [1.807, 2.05) is 13.8 Å². The third-order valence-corrected chi connectivity index (χ3v) is 3.10. The first-order valence-corrected chi connectivity index (χ1v) is 6.68. The van der Waals surface area contributed by atoms with Gasteiger partial charge in [-0.25, -0.2) is 4.98 Å². The summed E-state index contributed by atoms with van der Waals surface area (Å²) in [6.45, 7) is 8.41. The molecule has 1 saturated heterocycles. The molecule has 1 aliphatic heterocycles. The van der Waals surface area contributed by atoms with Crippen LogP contribution in [0.4, 0.5) is 0 Å². The molecule has 1 fully saturated rings. The molecule has 0 spiro atoms. The second-order valence-electron chi connectivity index (χ2n) is 4.63. The highest BCUT2D eigenvalue weighted by molar-refractivity contribution is 5.03. The normalized spacial score (nSPS) is 20.6. The summed E-state index contributed by atoms with van der Waals surface area (Å²) in [4.78, 5) is 20.8. The Bertz CT molecular complexity index is 461. The van der Waals surface area contributed by atoms with E-state index in [2.05, 4.69) is 14.9 Å². The van der Waals surface area contributed by atoms with E-state index in [-0.39, 0.29) is 11.7 Å². The number of nitrogens with zero attached hydrogens (tertiary/aromatic N) is 2. The van der Waals surface area contributed by atoms with Crippen molar-refractivity contribution in [1.82, 2.24) is 14.9 Å². The Morgan fingerprint density at radius 1 is 1.63 bits per heavy atom. The van der Waals surface area contributed by atoms with Gasteiger partial charge in [0, 0.05) is 38.0 Å². The molecular formula is C13H21N3O3. The Kier molecular flexibility index (Phi) is 5.07. The quantitative estimate of drug-likeness (QED) is 0.786. The predicted octanol–water partition coefficient (Wildman–Crippen LogP) is 0.488. The van der Waals surface area contributed by atoms with Crippen molar-refractivity contribution in [2.75, 3.05) is 39.5 Å². The molecule has 0 aliphatic carbocycles. The van der Waals surface area contributed by atoms with Gasteiger partial charge in [0.15, 0.2) is 0 Å². The summed E-state index contributed by atoms with van der Waals surface area (Å²) in [6.07, 6.45) is -0.164. The highest BCUT2D eigenvalue weighted by Gasteiger charge is 2.23. The van der Waals surface area contributed by atoms with Gasteiger partial charge in [-0.2, -0.15) is 0 Å². The zero-order valence-corrected chi connectivity index (χ0v) is 11.5. The number of nitrogens with one attached hydrogen (secondary N) is 1. The maximum absolute atomic E-state index is 11.5. The van der Waals surface area contributed by atoms with Crippen molar-refractivity contribution in [3.63, 3.8) is 0 Å². The summed E-state index contributed by atoms with van der Waals surface area (Å²) < 4.78 is 11.1. The second kappa shape index (κ2) is 6.79. The lowest BCUT2D eigenvalue weighted by atomic mass is 10.2.